The Bertz CT molecular complexity index is 736. The van der Waals surface area contributed by atoms with Crippen LogP contribution in [0.5, 0.6) is 5.75 Å². The van der Waals surface area contributed by atoms with E-state index in [4.69, 9.17) is 4.74 Å². The van der Waals surface area contributed by atoms with E-state index in [0.717, 1.165) is 27.9 Å². The molecule has 0 amide bonds. The van der Waals surface area contributed by atoms with E-state index in [1.54, 1.807) is 18.0 Å². The van der Waals surface area contributed by atoms with E-state index in [0.29, 0.717) is 6.54 Å². The predicted molar refractivity (Wildman–Crippen MR) is 78.8 cm³/mol. The Kier molecular flexibility index (Phi) is 3.25. The fourth-order valence-electron chi connectivity index (χ4n) is 2.17. The molecule has 102 valence electrons. The van der Waals surface area contributed by atoms with Crippen molar-refractivity contribution in [2.45, 2.75) is 6.54 Å². The summed E-state index contributed by atoms with van der Waals surface area (Å²) in [5.41, 5.74) is 1.12. The first-order chi connectivity index (χ1) is 9.76. The molecule has 0 atom stereocenters. The highest BCUT2D eigenvalue weighted by atomic mass is 16.5. The van der Waals surface area contributed by atoms with E-state index in [2.05, 4.69) is 15.4 Å². The molecule has 1 aromatic carbocycles. The highest BCUT2D eigenvalue weighted by Gasteiger charge is 2.04. The van der Waals surface area contributed by atoms with E-state index in [9.17, 15) is 0 Å². The summed E-state index contributed by atoms with van der Waals surface area (Å²) in [6, 6.07) is 7.95. The summed E-state index contributed by atoms with van der Waals surface area (Å²) in [5.74, 6) is 1.72. The van der Waals surface area contributed by atoms with Crippen molar-refractivity contribution in [3.05, 3.63) is 48.4 Å². The second kappa shape index (κ2) is 5.21. The van der Waals surface area contributed by atoms with Crippen LogP contribution in [0, 0.1) is 0 Å². The molecular weight excluding hydrogens is 252 g/mol. The molecule has 0 unspecified atom stereocenters. The Morgan fingerprint density at radius 2 is 2.20 bits per heavy atom. The van der Waals surface area contributed by atoms with Gasteiger partial charge in [-0.1, -0.05) is 0 Å². The van der Waals surface area contributed by atoms with Crippen molar-refractivity contribution in [2.24, 2.45) is 7.05 Å². The molecule has 0 fully saturated rings. The fraction of sp³-hybridized carbons (Fsp3) is 0.200. The molecule has 2 heterocycles. The summed E-state index contributed by atoms with van der Waals surface area (Å²) in [5, 5.41) is 9.69. The van der Waals surface area contributed by atoms with Crippen molar-refractivity contribution < 1.29 is 4.74 Å². The molecule has 1 N–H and O–H groups in total. The Morgan fingerprint density at radius 3 is 2.95 bits per heavy atom. The molecule has 0 aliphatic rings. The quantitative estimate of drug-likeness (QED) is 0.790. The van der Waals surface area contributed by atoms with Crippen molar-refractivity contribution >= 4 is 16.6 Å². The van der Waals surface area contributed by atoms with Crippen molar-refractivity contribution in [3.63, 3.8) is 0 Å². The van der Waals surface area contributed by atoms with Crippen LogP contribution >= 0.6 is 0 Å². The summed E-state index contributed by atoms with van der Waals surface area (Å²) in [6.45, 7) is 0.700. The summed E-state index contributed by atoms with van der Waals surface area (Å²) in [6.07, 6.45) is 5.63. The van der Waals surface area contributed by atoms with Crippen LogP contribution in [0.25, 0.3) is 10.8 Å². The summed E-state index contributed by atoms with van der Waals surface area (Å²) in [7, 11) is 3.58. The lowest BCUT2D eigenvalue weighted by Crippen LogP contribution is -2.01. The average Bonchev–Trinajstić information content (AvgIpc) is 2.90. The maximum Gasteiger partial charge on any atom is 0.134 e. The molecule has 3 rings (SSSR count). The third-order valence-corrected chi connectivity index (χ3v) is 3.19. The lowest BCUT2D eigenvalue weighted by Gasteiger charge is -2.08. The van der Waals surface area contributed by atoms with Crippen LogP contribution < -0.4 is 10.1 Å². The van der Waals surface area contributed by atoms with Crippen LogP contribution in [-0.4, -0.2) is 21.9 Å². The molecule has 20 heavy (non-hydrogen) atoms. The van der Waals surface area contributed by atoms with Crippen molar-refractivity contribution in [2.75, 3.05) is 12.4 Å². The Hall–Kier alpha value is -2.56. The lowest BCUT2D eigenvalue weighted by molar-refractivity contribution is 0.415. The van der Waals surface area contributed by atoms with Gasteiger partial charge in [0.05, 0.1) is 13.3 Å². The van der Waals surface area contributed by atoms with Gasteiger partial charge in [0.15, 0.2) is 0 Å². The predicted octanol–water partition coefficient (Wildman–Crippen LogP) is 2.59. The van der Waals surface area contributed by atoms with Gasteiger partial charge in [0, 0.05) is 36.9 Å². The Morgan fingerprint density at radius 1 is 1.30 bits per heavy atom. The third-order valence-electron chi connectivity index (χ3n) is 3.19. The molecule has 0 saturated heterocycles. The standard InChI is InChI=1S/C15H16N4O/c1-19-10-11(9-18-19)8-17-15-14-4-3-13(20-2)7-12(14)5-6-16-15/h3-7,9-10H,8H2,1-2H3,(H,16,17). The molecule has 0 saturated carbocycles. The number of benzene rings is 1. The SMILES string of the molecule is COc1ccc2c(NCc3cnn(C)c3)nccc2c1. The maximum absolute atomic E-state index is 5.24. The number of nitrogens with one attached hydrogen (secondary N) is 1. The number of rotatable bonds is 4. The molecule has 0 bridgehead atoms. The molecule has 5 nitrogen and oxygen atoms in total. The number of fused-ring (bicyclic) bond motifs is 1. The smallest absolute Gasteiger partial charge is 0.134 e. The van der Waals surface area contributed by atoms with Crippen LogP contribution in [-0.2, 0) is 13.6 Å². The van der Waals surface area contributed by atoms with E-state index >= 15 is 0 Å². The molecule has 0 aliphatic carbocycles. The van der Waals surface area contributed by atoms with Crippen molar-refractivity contribution in [1.82, 2.24) is 14.8 Å². The fourth-order valence-corrected chi connectivity index (χ4v) is 2.17. The van der Waals surface area contributed by atoms with Crippen molar-refractivity contribution in [1.29, 1.82) is 0 Å². The molecule has 3 aromatic rings. The topological polar surface area (TPSA) is 52.0 Å². The van der Waals surface area contributed by atoms with Gasteiger partial charge in [-0.25, -0.2) is 4.98 Å². The van der Waals surface area contributed by atoms with Gasteiger partial charge in [-0.2, -0.15) is 5.10 Å². The second-order valence-electron chi connectivity index (χ2n) is 4.62. The van der Waals surface area contributed by atoms with Gasteiger partial charge in [-0.05, 0) is 29.7 Å². The summed E-state index contributed by atoms with van der Waals surface area (Å²) < 4.78 is 7.03. The zero-order valence-electron chi connectivity index (χ0n) is 11.5. The van der Waals surface area contributed by atoms with Gasteiger partial charge in [-0.3, -0.25) is 4.68 Å². The second-order valence-corrected chi connectivity index (χ2v) is 4.62. The van der Waals surface area contributed by atoms with Gasteiger partial charge in [-0.15, -0.1) is 0 Å². The first kappa shape index (κ1) is 12.5. The zero-order valence-corrected chi connectivity index (χ0v) is 11.5. The first-order valence-electron chi connectivity index (χ1n) is 6.40. The van der Waals surface area contributed by atoms with Crippen LogP contribution in [0.2, 0.25) is 0 Å². The van der Waals surface area contributed by atoms with Gasteiger partial charge in [0.1, 0.15) is 11.6 Å². The normalized spacial score (nSPS) is 10.7. The third kappa shape index (κ3) is 2.42. The Labute approximate surface area is 117 Å². The highest BCUT2D eigenvalue weighted by molar-refractivity contribution is 5.92. The largest absolute Gasteiger partial charge is 0.497 e. The minimum Gasteiger partial charge on any atom is -0.497 e. The minimum atomic E-state index is 0.700. The molecule has 0 aliphatic heterocycles. The number of hydrogen-bond acceptors (Lipinski definition) is 4. The van der Waals surface area contributed by atoms with E-state index in [1.807, 2.05) is 43.7 Å². The van der Waals surface area contributed by atoms with E-state index in [1.165, 1.54) is 0 Å². The number of methoxy groups -OCH3 is 1. The summed E-state index contributed by atoms with van der Waals surface area (Å²) in [4.78, 5) is 4.41. The molecule has 0 spiro atoms. The maximum atomic E-state index is 5.24. The Balaban J connectivity index is 1.87. The van der Waals surface area contributed by atoms with Crippen LogP contribution in [0.1, 0.15) is 5.56 Å². The number of anilines is 1. The van der Waals surface area contributed by atoms with E-state index in [-0.39, 0.29) is 0 Å². The minimum absolute atomic E-state index is 0.700. The highest BCUT2D eigenvalue weighted by Crippen LogP contribution is 2.25. The monoisotopic (exact) mass is 268 g/mol. The number of pyridine rings is 1. The molecule has 2 aromatic heterocycles. The van der Waals surface area contributed by atoms with Crippen LogP contribution in [0.3, 0.4) is 0 Å². The van der Waals surface area contributed by atoms with Crippen molar-refractivity contribution in [3.8, 4) is 5.75 Å². The first-order valence-corrected chi connectivity index (χ1v) is 6.40. The number of hydrogen-bond donors (Lipinski definition) is 1. The molecule has 0 radical (unpaired) electrons. The van der Waals surface area contributed by atoms with Crippen LogP contribution in [0.15, 0.2) is 42.9 Å². The zero-order chi connectivity index (χ0) is 13.9. The average molecular weight is 268 g/mol. The number of nitrogens with zero attached hydrogens (tertiary/aromatic N) is 3. The van der Waals surface area contributed by atoms with Gasteiger partial charge >= 0.3 is 0 Å². The van der Waals surface area contributed by atoms with Crippen LogP contribution in [0.4, 0.5) is 5.82 Å². The molecular formula is C15H16N4O. The van der Waals surface area contributed by atoms with Gasteiger partial charge in [0.2, 0.25) is 0 Å². The summed E-state index contributed by atoms with van der Waals surface area (Å²) >= 11 is 0. The number of aryl methyl sites for hydroxylation is 1. The van der Waals surface area contributed by atoms with Gasteiger partial charge in [0.25, 0.3) is 0 Å². The number of ether oxygens (including phenoxy) is 1. The molecule has 5 heteroatoms. The van der Waals surface area contributed by atoms with Gasteiger partial charge < -0.3 is 10.1 Å². The lowest BCUT2D eigenvalue weighted by atomic mass is 10.1. The number of aromatic nitrogens is 3. The van der Waals surface area contributed by atoms with E-state index < -0.39 is 0 Å².